The Morgan fingerprint density at radius 3 is 2.34 bits per heavy atom. The molecule has 11 heteroatoms. The first kappa shape index (κ1) is 24.4. The molecule has 0 aliphatic carbocycles. The van der Waals surface area contributed by atoms with Crippen LogP contribution in [0.2, 0.25) is 10.0 Å². The number of nitrogens with one attached hydrogen (secondary N) is 2. The molecule has 1 aromatic carbocycles. The fourth-order valence-corrected chi connectivity index (χ4v) is 4.04. The molecule has 32 heavy (non-hydrogen) atoms. The van der Waals surface area contributed by atoms with E-state index in [-0.39, 0.29) is 6.42 Å². The average molecular weight is 490 g/mol. The Bertz CT molecular complexity index is 1080. The van der Waals surface area contributed by atoms with Crippen LogP contribution in [-0.2, 0) is 0 Å². The molecule has 0 atom stereocenters. The van der Waals surface area contributed by atoms with Gasteiger partial charge in [-0.2, -0.15) is 22.8 Å². The first-order chi connectivity index (χ1) is 15.1. The number of anilines is 1. The van der Waals surface area contributed by atoms with E-state index in [9.17, 15) is 13.2 Å². The monoisotopic (exact) mass is 489 g/mol. The molecule has 3 aromatic rings. The highest BCUT2D eigenvalue weighted by Gasteiger charge is 2.25. The standard InChI is InChI=1S/C21H24Cl2F3N5O/c1-12-9-17(28-8-7-27-6-4-5-21(24,25)26)31-20(29-12)18(13(2)30-31)19-15(22)10-14(32-3)11-16(19)23/h9-11,27-28H,4-8H2,1-3H3. The summed E-state index contributed by atoms with van der Waals surface area (Å²) in [6.07, 6.45) is -4.86. The van der Waals surface area contributed by atoms with Crippen molar-refractivity contribution in [1.82, 2.24) is 19.9 Å². The van der Waals surface area contributed by atoms with Crippen LogP contribution in [0, 0.1) is 13.8 Å². The first-order valence-electron chi connectivity index (χ1n) is 10.0. The third-order valence-electron chi connectivity index (χ3n) is 4.82. The second-order valence-electron chi connectivity index (χ2n) is 7.34. The van der Waals surface area contributed by atoms with E-state index in [1.807, 2.05) is 19.9 Å². The number of aryl methyl sites for hydroxylation is 2. The van der Waals surface area contributed by atoms with Gasteiger partial charge in [0.05, 0.1) is 28.4 Å². The van der Waals surface area contributed by atoms with Crippen LogP contribution in [0.1, 0.15) is 24.2 Å². The van der Waals surface area contributed by atoms with Crippen molar-refractivity contribution >= 4 is 34.7 Å². The van der Waals surface area contributed by atoms with Gasteiger partial charge in [-0.15, -0.1) is 0 Å². The number of alkyl halides is 3. The first-order valence-corrected chi connectivity index (χ1v) is 10.8. The third-order valence-corrected chi connectivity index (χ3v) is 5.41. The topological polar surface area (TPSA) is 63.5 Å². The number of rotatable bonds is 9. The summed E-state index contributed by atoms with van der Waals surface area (Å²) in [4.78, 5) is 4.64. The molecule has 0 aliphatic heterocycles. The predicted octanol–water partition coefficient (Wildman–Crippen LogP) is 5.67. The minimum Gasteiger partial charge on any atom is -0.497 e. The van der Waals surface area contributed by atoms with Gasteiger partial charge in [0.15, 0.2) is 5.65 Å². The second kappa shape index (κ2) is 10.1. The van der Waals surface area contributed by atoms with Crippen LogP contribution in [0.3, 0.4) is 0 Å². The number of halogens is 5. The van der Waals surface area contributed by atoms with Crippen molar-refractivity contribution < 1.29 is 17.9 Å². The van der Waals surface area contributed by atoms with Crippen molar-refractivity contribution in [3.05, 3.63) is 39.6 Å². The molecule has 6 nitrogen and oxygen atoms in total. The Labute approximate surface area is 194 Å². The summed E-state index contributed by atoms with van der Waals surface area (Å²) in [7, 11) is 1.54. The van der Waals surface area contributed by atoms with Crippen LogP contribution in [0.25, 0.3) is 16.8 Å². The van der Waals surface area contributed by atoms with E-state index >= 15 is 0 Å². The molecular formula is C21H24Cl2F3N5O. The number of methoxy groups -OCH3 is 1. The summed E-state index contributed by atoms with van der Waals surface area (Å²) in [5.41, 5.74) is 3.40. The lowest BCUT2D eigenvalue weighted by molar-refractivity contribution is -0.135. The largest absolute Gasteiger partial charge is 0.497 e. The molecule has 0 aliphatic rings. The zero-order valence-electron chi connectivity index (χ0n) is 17.9. The fourth-order valence-electron chi connectivity index (χ4n) is 3.39. The van der Waals surface area contributed by atoms with Gasteiger partial charge in [0.2, 0.25) is 0 Å². The van der Waals surface area contributed by atoms with Crippen molar-refractivity contribution in [1.29, 1.82) is 0 Å². The molecule has 2 N–H and O–H groups in total. The molecule has 0 bridgehead atoms. The van der Waals surface area contributed by atoms with Gasteiger partial charge in [-0.05, 0) is 38.9 Å². The van der Waals surface area contributed by atoms with E-state index in [4.69, 9.17) is 27.9 Å². The van der Waals surface area contributed by atoms with Gasteiger partial charge in [-0.3, -0.25) is 0 Å². The Hall–Kier alpha value is -2.23. The normalized spacial score (nSPS) is 11.9. The molecule has 2 heterocycles. The van der Waals surface area contributed by atoms with Crippen molar-refractivity contribution in [2.45, 2.75) is 32.9 Å². The number of fused-ring (bicyclic) bond motifs is 1. The SMILES string of the molecule is COc1cc(Cl)c(-c2c(C)nn3c(NCCNCCCC(F)(F)F)cc(C)nc23)c(Cl)c1. The van der Waals surface area contributed by atoms with Gasteiger partial charge in [0.1, 0.15) is 11.6 Å². The zero-order valence-corrected chi connectivity index (χ0v) is 19.4. The number of ether oxygens (including phenoxy) is 1. The van der Waals surface area contributed by atoms with Crippen LogP contribution in [0.15, 0.2) is 18.2 Å². The van der Waals surface area contributed by atoms with E-state index in [1.54, 1.807) is 16.6 Å². The van der Waals surface area contributed by atoms with Gasteiger partial charge in [0.25, 0.3) is 0 Å². The summed E-state index contributed by atoms with van der Waals surface area (Å²) < 4.78 is 43.5. The Balaban J connectivity index is 1.80. The number of benzene rings is 1. The highest BCUT2D eigenvalue weighted by molar-refractivity contribution is 6.39. The van der Waals surface area contributed by atoms with Crippen molar-refractivity contribution in [3.63, 3.8) is 0 Å². The van der Waals surface area contributed by atoms with Crippen molar-refractivity contribution in [2.75, 3.05) is 32.1 Å². The Morgan fingerprint density at radius 1 is 1.03 bits per heavy atom. The highest BCUT2D eigenvalue weighted by Crippen LogP contribution is 2.41. The lowest BCUT2D eigenvalue weighted by Crippen LogP contribution is -2.25. The van der Waals surface area contributed by atoms with Gasteiger partial charge >= 0.3 is 6.18 Å². The molecule has 0 saturated carbocycles. The molecule has 3 rings (SSSR count). The molecule has 0 fully saturated rings. The summed E-state index contributed by atoms with van der Waals surface area (Å²) in [6.45, 7) is 5.02. The number of hydrogen-bond acceptors (Lipinski definition) is 5. The Kier molecular flexibility index (Phi) is 7.74. The van der Waals surface area contributed by atoms with Crippen LogP contribution < -0.4 is 15.4 Å². The summed E-state index contributed by atoms with van der Waals surface area (Å²) in [6, 6.07) is 5.22. The van der Waals surface area contributed by atoms with Crippen LogP contribution in [-0.4, -0.2) is 47.5 Å². The highest BCUT2D eigenvalue weighted by atomic mass is 35.5. The van der Waals surface area contributed by atoms with Crippen molar-refractivity contribution in [3.8, 4) is 16.9 Å². The second-order valence-corrected chi connectivity index (χ2v) is 8.15. The van der Waals surface area contributed by atoms with E-state index in [2.05, 4.69) is 20.7 Å². The fraction of sp³-hybridized carbons (Fsp3) is 0.429. The number of hydrogen-bond donors (Lipinski definition) is 2. The van der Waals surface area contributed by atoms with E-state index < -0.39 is 12.6 Å². The van der Waals surface area contributed by atoms with Gasteiger partial charge < -0.3 is 15.4 Å². The predicted molar refractivity (Wildman–Crippen MR) is 121 cm³/mol. The number of nitrogens with zero attached hydrogens (tertiary/aromatic N) is 3. The van der Waals surface area contributed by atoms with Gasteiger partial charge in [-0.1, -0.05) is 23.2 Å². The molecule has 174 valence electrons. The van der Waals surface area contributed by atoms with E-state index in [0.717, 1.165) is 11.3 Å². The summed E-state index contributed by atoms with van der Waals surface area (Å²) in [5.74, 6) is 1.26. The van der Waals surface area contributed by atoms with E-state index in [0.29, 0.717) is 58.2 Å². The molecular weight excluding hydrogens is 466 g/mol. The lowest BCUT2D eigenvalue weighted by Gasteiger charge is -2.12. The van der Waals surface area contributed by atoms with E-state index in [1.165, 1.54) is 7.11 Å². The maximum atomic E-state index is 12.2. The Morgan fingerprint density at radius 2 is 1.72 bits per heavy atom. The molecule has 2 aromatic heterocycles. The smallest absolute Gasteiger partial charge is 0.389 e. The maximum absolute atomic E-state index is 12.2. The average Bonchev–Trinajstić information content (AvgIpc) is 3.01. The van der Waals surface area contributed by atoms with Crippen LogP contribution >= 0.6 is 23.2 Å². The van der Waals surface area contributed by atoms with Crippen LogP contribution in [0.5, 0.6) is 5.75 Å². The van der Waals surface area contributed by atoms with Gasteiger partial charge in [-0.25, -0.2) is 4.98 Å². The molecule has 0 spiro atoms. The lowest BCUT2D eigenvalue weighted by atomic mass is 10.1. The summed E-state index contributed by atoms with van der Waals surface area (Å²) in [5, 5.41) is 11.7. The third kappa shape index (κ3) is 5.76. The van der Waals surface area contributed by atoms with Crippen molar-refractivity contribution in [2.24, 2.45) is 0 Å². The number of aromatic nitrogens is 3. The zero-order chi connectivity index (χ0) is 23.5. The molecule has 0 amide bonds. The quantitative estimate of drug-likeness (QED) is 0.379. The molecule has 0 saturated heterocycles. The summed E-state index contributed by atoms with van der Waals surface area (Å²) >= 11 is 13.0. The maximum Gasteiger partial charge on any atom is 0.389 e. The molecule has 0 radical (unpaired) electrons. The minimum absolute atomic E-state index is 0.0488. The molecule has 0 unspecified atom stereocenters. The van der Waals surface area contributed by atoms with Gasteiger partial charge in [0, 0.05) is 36.8 Å². The minimum atomic E-state index is -4.12. The van der Waals surface area contributed by atoms with Crippen LogP contribution in [0.4, 0.5) is 19.0 Å².